The van der Waals surface area contributed by atoms with E-state index in [0.29, 0.717) is 12.1 Å². The molecule has 0 aliphatic carbocycles. The van der Waals surface area contributed by atoms with Crippen LogP contribution in [0.5, 0.6) is 0 Å². The summed E-state index contributed by atoms with van der Waals surface area (Å²) in [6.45, 7) is 5.24. The summed E-state index contributed by atoms with van der Waals surface area (Å²) in [6.07, 6.45) is 5.89. The summed E-state index contributed by atoms with van der Waals surface area (Å²) in [5.41, 5.74) is 3.40. The highest BCUT2D eigenvalue weighted by atomic mass is 16.1. The molecule has 0 bridgehead atoms. The molecule has 0 unspecified atom stereocenters. The zero-order valence-corrected chi connectivity index (χ0v) is 12.4. The van der Waals surface area contributed by atoms with Crippen LogP contribution in [0.4, 0.5) is 5.69 Å². The van der Waals surface area contributed by atoms with Crippen molar-refractivity contribution in [2.75, 3.05) is 11.9 Å². The third-order valence-corrected chi connectivity index (χ3v) is 3.21. The van der Waals surface area contributed by atoms with Crippen molar-refractivity contribution in [3.63, 3.8) is 0 Å². The molecule has 0 aromatic carbocycles. The molecule has 0 saturated heterocycles. The van der Waals surface area contributed by atoms with Crippen LogP contribution in [0, 0.1) is 0 Å². The molecule has 110 valence electrons. The van der Waals surface area contributed by atoms with E-state index >= 15 is 0 Å². The predicted molar refractivity (Wildman–Crippen MR) is 83.2 cm³/mol. The van der Waals surface area contributed by atoms with Crippen molar-refractivity contribution in [3.05, 3.63) is 53.6 Å². The van der Waals surface area contributed by atoms with Crippen molar-refractivity contribution in [2.45, 2.75) is 26.8 Å². The maximum absolute atomic E-state index is 12.3. The van der Waals surface area contributed by atoms with Crippen molar-refractivity contribution in [1.29, 1.82) is 0 Å². The molecular weight excluding hydrogens is 264 g/mol. The number of aromatic nitrogens is 2. The Morgan fingerprint density at radius 1 is 1.24 bits per heavy atom. The molecule has 0 atom stereocenters. The normalized spacial score (nSPS) is 10.2. The van der Waals surface area contributed by atoms with Gasteiger partial charge in [0.05, 0.1) is 23.5 Å². The minimum atomic E-state index is -0.147. The van der Waals surface area contributed by atoms with E-state index in [2.05, 4.69) is 27.5 Å². The van der Waals surface area contributed by atoms with E-state index in [0.717, 1.165) is 29.9 Å². The van der Waals surface area contributed by atoms with Crippen molar-refractivity contribution in [1.82, 2.24) is 15.3 Å². The maximum Gasteiger partial charge on any atom is 0.255 e. The van der Waals surface area contributed by atoms with Gasteiger partial charge in [-0.2, -0.15) is 0 Å². The van der Waals surface area contributed by atoms with E-state index in [-0.39, 0.29) is 5.91 Å². The Morgan fingerprint density at radius 3 is 2.86 bits per heavy atom. The Kier molecular flexibility index (Phi) is 5.26. The van der Waals surface area contributed by atoms with Gasteiger partial charge < -0.3 is 10.6 Å². The van der Waals surface area contributed by atoms with Crippen LogP contribution in [0.25, 0.3) is 0 Å². The second-order valence-corrected chi connectivity index (χ2v) is 4.60. The van der Waals surface area contributed by atoms with Crippen LogP contribution in [-0.2, 0) is 13.0 Å². The van der Waals surface area contributed by atoms with Gasteiger partial charge in [-0.1, -0.05) is 13.0 Å². The smallest absolute Gasteiger partial charge is 0.255 e. The third kappa shape index (κ3) is 3.78. The Balaban J connectivity index is 2.08. The lowest BCUT2D eigenvalue weighted by molar-refractivity contribution is 0.0951. The first-order valence-corrected chi connectivity index (χ1v) is 7.15. The van der Waals surface area contributed by atoms with Gasteiger partial charge in [0.2, 0.25) is 0 Å². The number of carbonyl (C=O) groups excluding carboxylic acids is 1. The van der Waals surface area contributed by atoms with Gasteiger partial charge in [0.25, 0.3) is 5.91 Å². The zero-order chi connectivity index (χ0) is 15.1. The molecule has 0 saturated carbocycles. The molecule has 21 heavy (non-hydrogen) atoms. The van der Waals surface area contributed by atoms with Crippen molar-refractivity contribution < 1.29 is 4.79 Å². The maximum atomic E-state index is 12.3. The SMILES string of the molecule is CCNc1ccncc1C(=O)NCc1ncccc1CC. The van der Waals surface area contributed by atoms with E-state index in [4.69, 9.17) is 0 Å². The lowest BCUT2D eigenvalue weighted by Gasteiger charge is -2.11. The highest BCUT2D eigenvalue weighted by Gasteiger charge is 2.11. The molecule has 5 heteroatoms. The predicted octanol–water partition coefficient (Wildman–Crippen LogP) is 2.40. The minimum absolute atomic E-state index is 0.147. The molecule has 5 nitrogen and oxygen atoms in total. The van der Waals surface area contributed by atoms with Gasteiger partial charge in [0.1, 0.15) is 0 Å². The van der Waals surface area contributed by atoms with E-state index in [9.17, 15) is 4.79 Å². The number of nitrogens with zero attached hydrogens (tertiary/aromatic N) is 2. The number of rotatable bonds is 6. The van der Waals surface area contributed by atoms with Crippen LogP contribution in [0.2, 0.25) is 0 Å². The largest absolute Gasteiger partial charge is 0.385 e. The van der Waals surface area contributed by atoms with E-state index in [1.165, 1.54) is 0 Å². The Morgan fingerprint density at radius 2 is 2.10 bits per heavy atom. The molecule has 2 N–H and O–H groups in total. The van der Waals surface area contributed by atoms with Gasteiger partial charge in [-0.15, -0.1) is 0 Å². The number of amides is 1. The van der Waals surface area contributed by atoms with Gasteiger partial charge in [-0.25, -0.2) is 0 Å². The first-order valence-electron chi connectivity index (χ1n) is 7.15. The molecule has 2 aromatic rings. The molecule has 2 heterocycles. The average molecular weight is 284 g/mol. The van der Waals surface area contributed by atoms with Crippen molar-refractivity contribution in [2.24, 2.45) is 0 Å². The Hall–Kier alpha value is -2.43. The fourth-order valence-electron chi connectivity index (χ4n) is 2.13. The van der Waals surface area contributed by atoms with Gasteiger partial charge in [-0.05, 0) is 31.0 Å². The molecule has 0 aliphatic heterocycles. The first-order chi connectivity index (χ1) is 10.3. The summed E-state index contributed by atoms with van der Waals surface area (Å²) in [5.74, 6) is -0.147. The van der Waals surface area contributed by atoms with Crippen LogP contribution in [0.15, 0.2) is 36.8 Å². The number of nitrogens with one attached hydrogen (secondary N) is 2. The summed E-state index contributed by atoms with van der Waals surface area (Å²) in [6, 6.07) is 5.74. The summed E-state index contributed by atoms with van der Waals surface area (Å²) in [5, 5.41) is 6.07. The topological polar surface area (TPSA) is 66.9 Å². The number of carbonyl (C=O) groups is 1. The van der Waals surface area contributed by atoms with Crippen LogP contribution in [0.1, 0.15) is 35.5 Å². The minimum Gasteiger partial charge on any atom is -0.385 e. The summed E-state index contributed by atoms with van der Waals surface area (Å²) < 4.78 is 0. The molecule has 0 radical (unpaired) electrons. The number of anilines is 1. The highest BCUT2D eigenvalue weighted by molar-refractivity contribution is 5.99. The second-order valence-electron chi connectivity index (χ2n) is 4.60. The zero-order valence-electron chi connectivity index (χ0n) is 12.4. The van der Waals surface area contributed by atoms with Crippen LogP contribution < -0.4 is 10.6 Å². The van der Waals surface area contributed by atoms with Gasteiger partial charge in [0, 0.05) is 25.1 Å². The van der Waals surface area contributed by atoms with Gasteiger partial charge >= 0.3 is 0 Å². The Labute approximate surface area is 124 Å². The summed E-state index contributed by atoms with van der Waals surface area (Å²) in [4.78, 5) is 20.6. The van der Waals surface area contributed by atoms with Crippen molar-refractivity contribution in [3.8, 4) is 0 Å². The second kappa shape index (κ2) is 7.38. The standard InChI is InChI=1S/C16H20N4O/c1-3-12-6-5-8-19-15(12)11-20-16(21)13-10-17-9-7-14(13)18-4-2/h5-10H,3-4,11H2,1-2H3,(H,17,18)(H,20,21). The molecular formula is C16H20N4O. The van der Waals surface area contributed by atoms with E-state index < -0.39 is 0 Å². The fourth-order valence-corrected chi connectivity index (χ4v) is 2.13. The highest BCUT2D eigenvalue weighted by Crippen LogP contribution is 2.13. The third-order valence-electron chi connectivity index (χ3n) is 3.21. The Bertz CT molecular complexity index is 613. The molecule has 0 spiro atoms. The number of hydrogen-bond acceptors (Lipinski definition) is 4. The number of hydrogen-bond donors (Lipinski definition) is 2. The average Bonchev–Trinajstić information content (AvgIpc) is 2.53. The van der Waals surface area contributed by atoms with Gasteiger partial charge in [0.15, 0.2) is 0 Å². The summed E-state index contributed by atoms with van der Waals surface area (Å²) >= 11 is 0. The number of aryl methyl sites for hydroxylation is 1. The molecule has 2 rings (SSSR count). The monoisotopic (exact) mass is 284 g/mol. The molecule has 1 amide bonds. The van der Waals surface area contributed by atoms with Crippen LogP contribution >= 0.6 is 0 Å². The lowest BCUT2D eigenvalue weighted by atomic mass is 10.1. The lowest BCUT2D eigenvalue weighted by Crippen LogP contribution is -2.25. The van der Waals surface area contributed by atoms with Crippen molar-refractivity contribution >= 4 is 11.6 Å². The molecule has 0 fully saturated rings. The van der Waals surface area contributed by atoms with Gasteiger partial charge in [-0.3, -0.25) is 14.8 Å². The fraction of sp³-hybridized carbons (Fsp3) is 0.312. The van der Waals surface area contributed by atoms with Crippen LogP contribution in [-0.4, -0.2) is 22.4 Å². The number of pyridine rings is 2. The van der Waals surface area contributed by atoms with E-state index in [1.807, 2.05) is 19.1 Å². The van der Waals surface area contributed by atoms with E-state index in [1.54, 1.807) is 24.7 Å². The summed E-state index contributed by atoms with van der Waals surface area (Å²) in [7, 11) is 0. The first kappa shape index (κ1) is 15.0. The van der Waals surface area contributed by atoms with Crippen LogP contribution in [0.3, 0.4) is 0 Å². The molecule has 0 aliphatic rings. The quantitative estimate of drug-likeness (QED) is 0.855. The molecule has 2 aromatic heterocycles.